The molecule has 0 spiro atoms. The molecule has 3 rings (SSSR count). The maximum Gasteiger partial charge on any atom is 0.227 e. The van der Waals surface area contributed by atoms with Gasteiger partial charge in [-0.05, 0) is 30.5 Å². The minimum absolute atomic E-state index is 0.176. The van der Waals surface area contributed by atoms with Gasteiger partial charge in [0.25, 0.3) is 0 Å². The molecule has 1 saturated heterocycles. The lowest BCUT2D eigenvalue weighted by molar-refractivity contribution is -0.132. The summed E-state index contributed by atoms with van der Waals surface area (Å²) in [6.45, 7) is 3.50. The lowest BCUT2D eigenvalue weighted by Crippen LogP contribution is -2.42. The fourth-order valence-electron chi connectivity index (χ4n) is 2.61. The van der Waals surface area contributed by atoms with Gasteiger partial charge < -0.3 is 9.64 Å². The van der Waals surface area contributed by atoms with Crippen molar-refractivity contribution in [2.24, 2.45) is 0 Å². The second-order valence-electron chi connectivity index (χ2n) is 5.59. The van der Waals surface area contributed by atoms with Gasteiger partial charge in [-0.1, -0.05) is 6.07 Å². The van der Waals surface area contributed by atoms with Crippen LogP contribution in [0.1, 0.15) is 23.4 Å². The van der Waals surface area contributed by atoms with Gasteiger partial charge in [0.2, 0.25) is 5.91 Å². The van der Waals surface area contributed by atoms with E-state index in [9.17, 15) is 4.79 Å². The van der Waals surface area contributed by atoms with Crippen LogP contribution >= 0.6 is 11.3 Å². The maximum atomic E-state index is 12.2. The molecule has 1 aliphatic rings. The monoisotopic (exact) mass is 316 g/mol. The Kier molecular flexibility index (Phi) is 4.73. The van der Waals surface area contributed by atoms with Crippen LogP contribution in [0.25, 0.3) is 0 Å². The van der Waals surface area contributed by atoms with Crippen molar-refractivity contribution in [1.29, 1.82) is 0 Å². The Morgan fingerprint density at radius 1 is 1.36 bits per heavy atom. The summed E-state index contributed by atoms with van der Waals surface area (Å²) in [5.74, 6) is 1.03. The summed E-state index contributed by atoms with van der Waals surface area (Å²) in [6.07, 6.45) is 4.22. The van der Waals surface area contributed by atoms with E-state index in [4.69, 9.17) is 4.74 Å². The first-order chi connectivity index (χ1) is 10.7. The molecule has 0 N–H and O–H groups in total. The van der Waals surface area contributed by atoms with E-state index in [1.165, 1.54) is 0 Å². The Bertz CT molecular complexity index is 602. The molecular formula is C17H20N2O2S. The Morgan fingerprint density at radius 2 is 2.18 bits per heavy atom. The predicted octanol–water partition coefficient (Wildman–Crippen LogP) is 3.06. The molecule has 4 nitrogen and oxygen atoms in total. The summed E-state index contributed by atoms with van der Waals surface area (Å²) in [6, 6.07) is 7.91. The van der Waals surface area contributed by atoms with Crippen molar-refractivity contribution in [3.05, 3.63) is 46.4 Å². The van der Waals surface area contributed by atoms with Crippen LogP contribution < -0.4 is 4.74 Å². The number of aromatic nitrogens is 1. The second-order valence-corrected chi connectivity index (χ2v) is 6.62. The third-order valence-electron chi connectivity index (χ3n) is 3.89. The van der Waals surface area contributed by atoms with Gasteiger partial charge in [-0.2, -0.15) is 0 Å². The van der Waals surface area contributed by atoms with Crippen molar-refractivity contribution in [2.45, 2.75) is 32.3 Å². The zero-order chi connectivity index (χ0) is 15.4. The van der Waals surface area contributed by atoms with Crippen LogP contribution in [0.4, 0.5) is 0 Å². The number of likely N-dealkylation sites (tertiary alicyclic amines) is 1. The molecule has 5 heteroatoms. The largest absolute Gasteiger partial charge is 0.489 e. The number of amides is 1. The lowest BCUT2D eigenvalue weighted by Gasteiger charge is -2.32. The molecule has 0 aromatic carbocycles. The molecule has 2 aromatic heterocycles. The van der Waals surface area contributed by atoms with E-state index in [2.05, 4.69) is 4.98 Å². The molecule has 1 amide bonds. The first-order valence-electron chi connectivity index (χ1n) is 7.60. The molecule has 1 aliphatic heterocycles. The zero-order valence-electron chi connectivity index (χ0n) is 12.7. The number of piperidine rings is 1. The van der Waals surface area contributed by atoms with Gasteiger partial charge in [-0.3, -0.25) is 9.78 Å². The van der Waals surface area contributed by atoms with Gasteiger partial charge in [-0.15, -0.1) is 11.3 Å². The minimum Gasteiger partial charge on any atom is -0.489 e. The fraction of sp³-hybridized carbons (Fsp3) is 0.412. The average molecular weight is 316 g/mol. The van der Waals surface area contributed by atoms with Crippen LogP contribution in [-0.2, 0) is 11.2 Å². The van der Waals surface area contributed by atoms with Gasteiger partial charge in [0.1, 0.15) is 11.9 Å². The minimum atomic E-state index is 0.176. The van der Waals surface area contributed by atoms with Crippen LogP contribution in [0.2, 0.25) is 0 Å². The smallest absolute Gasteiger partial charge is 0.227 e. The van der Waals surface area contributed by atoms with E-state index >= 15 is 0 Å². The molecule has 22 heavy (non-hydrogen) atoms. The van der Waals surface area contributed by atoms with Gasteiger partial charge in [0.15, 0.2) is 0 Å². The Balaban J connectivity index is 1.47. The number of nitrogens with zero attached hydrogens (tertiary/aromatic N) is 2. The molecule has 0 atom stereocenters. The zero-order valence-corrected chi connectivity index (χ0v) is 13.5. The van der Waals surface area contributed by atoms with Gasteiger partial charge in [0, 0.05) is 36.5 Å². The van der Waals surface area contributed by atoms with Crippen LogP contribution in [0, 0.1) is 6.92 Å². The molecule has 1 fully saturated rings. The van der Waals surface area contributed by atoms with Gasteiger partial charge in [0.05, 0.1) is 12.6 Å². The SMILES string of the molecule is Cc1ccc(OC2CCN(C(=O)Cc3cccs3)CC2)cn1. The molecule has 116 valence electrons. The van der Waals surface area contributed by atoms with Crippen LogP contribution in [-0.4, -0.2) is 35.0 Å². The number of ether oxygens (including phenoxy) is 1. The topological polar surface area (TPSA) is 42.4 Å². The summed E-state index contributed by atoms with van der Waals surface area (Å²) >= 11 is 1.64. The highest BCUT2D eigenvalue weighted by atomic mass is 32.1. The third-order valence-corrected chi connectivity index (χ3v) is 4.76. The first-order valence-corrected chi connectivity index (χ1v) is 8.48. The maximum absolute atomic E-state index is 12.2. The summed E-state index contributed by atoms with van der Waals surface area (Å²) in [5, 5.41) is 2.01. The number of carbonyl (C=O) groups excluding carboxylic acids is 1. The molecule has 3 heterocycles. The Hall–Kier alpha value is -1.88. The van der Waals surface area contributed by atoms with E-state index in [1.807, 2.05) is 41.5 Å². The van der Waals surface area contributed by atoms with Crippen molar-refractivity contribution in [3.63, 3.8) is 0 Å². The van der Waals surface area contributed by atoms with Crippen LogP contribution in [0.3, 0.4) is 0 Å². The molecule has 0 saturated carbocycles. The summed E-state index contributed by atoms with van der Waals surface area (Å²) in [5.41, 5.74) is 0.987. The first kappa shape index (κ1) is 15.0. The van der Waals surface area contributed by atoms with E-state index < -0.39 is 0 Å². The average Bonchev–Trinajstić information content (AvgIpc) is 3.03. The highest BCUT2D eigenvalue weighted by molar-refractivity contribution is 7.10. The second kappa shape index (κ2) is 6.92. The summed E-state index contributed by atoms with van der Waals surface area (Å²) in [4.78, 5) is 19.6. The standard InChI is InChI=1S/C17H20N2O2S/c1-13-4-5-15(12-18-13)21-14-6-8-19(9-7-14)17(20)11-16-3-2-10-22-16/h2-5,10,12,14H,6-9,11H2,1H3. The molecule has 2 aromatic rings. The molecule has 0 unspecified atom stereocenters. The number of thiophene rings is 1. The van der Waals surface area contributed by atoms with Crippen molar-refractivity contribution in [3.8, 4) is 5.75 Å². The molecule has 0 bridgehead atoms. The van der Waals surface area contributed by atoms with Gasteiger partial charge in [-0.25, -0.2) is 0 Å². The summed E-state index contributed by atoms with van der Waals surface area (Å²) < 4.78 is 5.95. The fourth-order valence-corrected chi connectivity index (χ4v) is 3.31. The van der Waals surface area contributed by atoms with Gasteiger partial charge >= 0.3 is 0 Å². The van der Waals surface area contributed by atoms with E-state index in [1.54, 1.807) is 17.5 Å². The van der Waals surface area contributed by atoms with Crippen molar-refractivity contribution < 1.29 is 9.53 Å². The number of hydrogen-bond donors (Lipinski definition) is 0. The molecular weight excluding hydrogens is 296 g/mol. The van der Waals surface area contributed by atoms with E-state index in [0.29, 0.717) is 6.42 Å². The quantitative estimate of drug-likeness (QED) is 0.870. The third kappa shape index (κ3) is 3.85. The van der Waals surface area contributed by atoms with Crippen molar-refractivity contribution in [1.82, 2.24) is 9.88 Å². The number of carbonyl (C=O) groups is 1. The van der Waals surface area contributed by atoms with Crippen LogP contribution in [0.5, 0.6) is 5.75 Å². The van der Waals surface area contributed by atoms with Crippen molar-refractivity contribution in [2.75, 3.05) is 13.1 Å². The lowest BCUT2D eigenvalue weighted by atomic mass is 10.1. The van der Waals surface area contributed by atoms with Crippen LogP contribution in [0.15, 0.2) is 35.8 Å². The van der Waals surface area contributed by atoms with E-state index in [0.717, 1.165) is 42.3 Å². The normalized spacial score (nSPS) is 15.8. The highest BCUT2D eigenvalue weighted by Gasteiger charge is 2.24. The van der Waals surface area contributed by atoms with E-state index in [-0.39, 0.29) is 12.0 Å². The molecule has 0 radical (unpaired) electrons. The number of aryl methyl sites for hydroxylation is 1. The highest BCUT2D eigenvalue weighted by Crippen LogP contribution is 2.19. The number of pyridine rings is 1. The number of hydrogen-bond acceptors (Lipinski definition) is 4. The summed E-state index contributed by atoms with van der Waals surface area (Å²) in [7, 11) is 0. The Morgan fingerprint density at radius 3 is 2.82 bits per heavy atom. The molecule has 0 aliphatic carbocycles. The van der Waals surface area contributed by atoms with Crippen molar-refractivity contribution >= 4 is 17.2 Å². The Labute approximate surface area is 134 Å². The number of rotatable bonds is 4. The predicted molar refractivity (Wildman–Crippen MR) is 87.2 cm³/mol.